The molecule has 9 heteroatoms. The van der Waals surface area contributed by atoms with Crippen LogP contribution in [0.15, 0.2) is 48.5 Å². The van der Waals surface area contributed by atoms with Gasteiger partial charge in [-0.05, 0) is 89.4 Å². The fourth-order valence-corrected chi connectivity index (χ4v) is 5.22. The average Bonchev–Trinajstić information content (AvgIpc) is 2.87. The third kappa shape index (κ3) is 7.28. The fraction of sp³-hybridized carbons (Fsp3) is 0.353. The number of rotatable bonds is 7. The Balaban J connectivity index is 1.90. The smallest absolute Gasteiger partial charge is 0.412 e. The lowest BCUT2D eigenvalue weighted by Gasteiger charge is -2.33. The average molecular weight is 591 g/mol. The zero-order valence-corrected chi connectivity index (χ0v) is 26.2. The quantitative estimate of drug-likeness (QED) is 0.211. The molecule has 0 aromatic heterocycles. The number of anilines is 2. The summed E-state index contributed by atoms with van der Waals surface area (Å²) in [7, 11) is 1.46. The number of hydrogen-bond donors (Lipinski definition) is 2. The Labute approximate surface area is 252 Å². The molecule has 0 fully saturated rings. The number of fused-ring (bicyclic) bond motifs is 1. The standard InChI is InChI=1S/C34H39FN2O6/c1-19-10-11-22(35)16-28(19)41-18-25-23(12-14-26-29(25)20(2)17-34(7,8)37-26)24-13-15-27(36-32(39)43-33(4,5)6)31(30(24)40-9)42-21(3)38/h10-17,37H,18H2,1-9H3,(H,36,39). The van der Waals surface area contributed by atoms with Crippen molar-refractivity contribution in [1.82, 2.24) is 0 Å². The second-order valence-corrected chi connectivity index (χ2v) is 12.1. The summed E-state index contributed by atoms with van der Waals surface area (Å²) in [6.45, 7) is 14.7. The molecule has 1 aliphatic heterocycles. The van der Waals surface area contributed by atoms with Crippen LogP contribution in [0.2, 0.25) is 0 Å². The molecule has 1 aliphatic rings. The van der Waals surface area contributed by atoms with Gasteiger partial charge in [0, 0.05) is 35.4 Å². The van der Waals surface area contributed by atoms with Crippen LogP contribution in [0.25, 0.3) is 16.7 Å². The number of carbonyl (C=O) groups excluding carboxylic acids is 2. The first kappa shape index (κ1) is 31.4. The molecule has 1 heterocycles. The molecule has 1 amide bonds. The highest BCUT2D eigenvalue weighted by atomic mass is 19.1. The predicted molar refractivity (Wildman–Crippen MR) is 166 cm³/mol. The van der Waals surface area contributed by atoms with Crippen LogP contribution >= 0.6 is 0 Å². The molecule has 8 nitrogen and oxygen atoms in total. The van der Waals surface area contributed by atoms with Crippen molar-refractivity contribution in [3.8, 4) is 28.4 Å². The molecular formula is C34H39FN2O6. The van der Waals surface area contributed by atoms with Crippen molar-refractivity contribution in [2.45, 2.75) is 73.1 Å². The first-order chi connectivity index (χ1) is 20.1. The molecular weight excluding hydrogens is 551 g/mol. The van der Waals surface area contributed by atoms with E-state index >= 15 is 0 Å². The molecule has 4 rings (SSSR count). The number of esters is 1. The molecule has 0 spiro atoms. The highest BCUT2D eigenvalue weighted by Crippen LogP contribution is 2.47. The van der Waals surface area contributed by atoms with Gasteiger partial charge in [0.25, 0.3) is 0 Å². The summed E-state index contributed by atoms with van der Waals surface area (Å²) >= 11 is 0. The molecule has 43 heavy (non-hydrogen) atoms. The maximum absolute atomic E-state index is 14.1. The van der Waals surface area contributed by atoms with Crippen LogP contribution < -0.4 is 24.8 Å². The van der Waals surface area contributed by atoms with Crippen molar-refractivity contribution < 1.29 is 32.9 Å². The van der Waals surface area contributed by atoms with Crippen LogP contribution in [-0.2, 0) is 16.1 Å². The van der Waals surface area contributed by atoms with E-state index in [0.29, 0.717) is 11.3 Å². The number of amides is 1. The summed E-state index contributed by atoms with van der Waals surface area (Å²) in [6.07, 6.45) is 1.43. The van der Waals surface area contributed by atoms with E-state index in [0.717, 1.165) is 33.5 Å². The number of ether oxygens (including phenoxy) is 4. The van der Waals surface area contributed by atoms with Crippen molar-refractivity contribution >= 4 is 29.0 Å². The van der Waals surface area contributed by atoms with E-state index in [1.165, 1.54) is 26.2 Å². The van der Waals surface area contributed by atoms with Crippen molar-refractivity contribution in [3.63, 3.8) is 0 Å². The molecule has 0 bridgehead atoms. The number of methoxy groups -OCH3 is 1. The minimum Gasteiger partial charge on any atom is -0.492 e. The van der Waals surface area contributed by atoms with E-state index in [1.54, 1.807) is 39.0 Å². The van der Waals surface area contributed by atoms with E-state index in [9.17, 15) is 14.0 Å². The largest absolute Gasteiger partial charge is 0.492 e. The minimum atomic E-state index is -0.734. The lowest BCUT2D eigenvalue weighted by molar-refractivity contribution is -0.131. The predicted octanol–water partition coefficient (Wildman–Crippen LogP) is 8.27. The van der Waals surface area contributed by atoms with Crippen LogP contribution in [-0.4, -0.2) is 30.3 Å². The molecule has 0 unspecified atom stereocenters. The van der Waals surface area contributed by atoms with Gasteiger partial charge in [-0.3, -0.25) is 10.1 Å². The van der Waals surface area contributed by atoms with Crippen molar-refractivity contribution in [1.29, 1.82) is 0 Å². The van der Waals surface area contributed by atoms with Crippen LogP contribution in [0, 0.1) is 12.7 Å². The zero-order chi connectivity index (χ0) is 31.7. The number of carbonyl (C=O) groups is 2. The summed E-state index contributed by atoms with van der Waals surface area (Å²) < 4.78 is 37.2. The van der Waals surface area contributed by atoms with Crippen LogP contribution in [0.3, 0.4) is 0 Å². The van der Waals surface area contributed by atoms with Gasteiger partial charge in [-0.15, -0.1) is 0 Å². The van der Waals surface area contributed by atoms with Crippen molar-refractivity contribution in [3.05, 3.63) is 71.0 Å². The Hall–Kier alpha value is -4.53. The Bertz CT molecular complexity index is 1600. The van der Waals surface area contributed by atoms with E-state index in [-0.39, 0.29) is 29.3 Å². The van der Waals surface area contributed by atoms with Gasteiger partial charge in [-0.2, -0.15) is 0 Å². The number of nitrogens with one attached hydrogen (secondary N) is 2. The lowest BCUT2D eigenvalue weighted by atomic mass is 9.85. The van der Waals surface area contributed by atoms with Gasteiger partial charge in [-0.25, -0.2) is 9.18 Å². The normalized spacial score (nSPS) is 13.7. The topological polar surface area (TPSA) is 95.1 Å². The number of allylic oxidation sites excluding steroid dienone is 1. The molecule has 0 saturated heterocycles. The Morgan fingerprint density at radius 2 is 1.70 bits per heavy atom. The van der Waals surface area contributed by atoms with Crippen LogP contribution in [0.4, 0.5) is 20.6 Å². The minimum absolute atomic E-state index is 0.0374. The number of halogens is 1. The summed E-state index contributed by atoms with van der Waals surface area (Å²) in [5, 5.41) is 6.23. The van der Waals surface area contributed by atoms with Gasteiger partial charge in [0.05, 0.1) is 18.3 Å². The van der Waals surface area contributed by atoms with Gasteiger partial charge < -0.3 is 24.3 Å². The SMILES string of the molecule is COc1c(-c2ccc3c(c2COc2cc(F)ccc2C)C(C)=CC(C)(C)N3)ccc(NC(=O)OC(C)(C)C)c1OC(C)=O. The third-order valence-electron chi connectivity index (χ3n) is 6.75. The summed E-state index contributed by atoms with van der Waals surface area (Å²) in [6, 6.07) is 11.8. The molecule has 0 saturated carbocycles. The van der Waals surface area contributed by atoms with E-state index < -0.39 is 23.5 Å². The Morgan fingerprint density at radius 1 is 1.00 bits per heavy atom. The maximum Gasteiger partial charge on any atom is 0.412 e. The Kier molecular flexibility index (Phi) is 8.76. The van der Waals surface area contributed by atoms with Crippen molar-refractivity contribution in [2.75, 3.05) is 17.7 Å². The number of hydrogen-bond acceptors (Lipinski definition) is 7. The highest BCUT2D eigenvalue weighted by molar-refractivity contribution is 5.94. The molecule has 0 radical (unpaired) electrons. The lowest BCUT2D eigenvalue weighted by Crippen LogP contribution is -2.32. The number of benzene rings is 3. The van der Waals surface area contributed by atoms with Crippen LogP contribution in [0.1, 0.15) is 65.2 Å². The Morgan fingerprint density at radius 3 is 2.35 bits per heavy atom. The van der Waals surface area contributed by atoms with Gasteiger partial charge in [-0.1, -0.05) is 18.2 Å². The molecule has 0 atom stereocenters. The molecule has 3 aromatic rings. The molecule has 228 valence electrons. The first-order valence-corrected chi connectivity index (χ1v) is 14.0. The van der Waals surface area contributed by atoms with E-state index in [1.807, 2.05) is 26.0 Å². The number of aryl methyl sites for hydroxylation is 1. The maximum atomic E-state index is 14.1. The molecule has 2 N–H and O–H groups in total. The van der Waals surface area contributed by atoms with Gasteiger partial charge in [0.15, 0.2) is 11.5 Å². The molecule has 0 aliphatic carbocycles. The monoisotopic (exact) mass is 590 g/mol. The zero-order valence-electron chi connectivity index (χ0n) is 26.2. The van der Waals surface area contributed by atoms with Gasteiger partial charge in [0.1, 0.15) is 23.8 Å². The van der Waals surface area contributed by atoms with Gasteiger partial charge in [0.2, 0.25) is 0 Å². The summed E-state index contributed by atoms with van der Waals surface area (Å²) in [5.41, 5.74) is 5.06. The highest BCUT2D eigenvalue weighted by Gasteiger charge is 2.29. The summed E-state index contributed by atoms with van der Waals surface area (Å²) in [4.78, 5) is 24.8. The first-order valence-electron chi connectivity index (χ1n) is 14.0. The van der Waals surface area contributed by atoms with E-state index in [4.69, 9.17) is 18.9 Å². The second kappa shape index (κ2) is 12.0. The van der Waals surface area contributed by atoms with Crippen molar-refractivity contribution in [2.24, 2.45) is 0 Å². The van der Waals surface area contributed by atoms with E-state index in [2.05, 4.69) is 30.6 Å². The summed E-state index contributed by atoms with van der Waals surface area (Å²) in [5.74, 6) is -0.286. The fourth-order valence-electron chi connectivity index (χ4n) is 5.22. The third-order valence-corrected chi connectivity index (χ3v) is 6.75. The van der Waals surface area contributed by atoms with Gasteiger partial charge >= 0.3 is 12.1 Å². The second-order valence-electron chi connectivity index (χ2n) is 12.1. The molecule has 3 aromatic carbocycles. The van der Waals surface area contributed by atoms with Crippen LogP contribution in [0.5, 0.6) is 17.2 Å².